The van der Waals surface area contributed by atoms with E-state index in [1.54, 1.807) is 12.1 Å². The van der Waals surface area contributed by atoms with Crippen LogP contribution < -0.4 is 5.14 Å². The first-order valence-electron chi connectivity index (χ1n) is 6.07. The highest BCUT2D eigenvalue weighted by molar-refractivity contribution is 7.89. The van der Waals surface area contributed by atoms with Crippen molar-refractivity contribution in [1.29, 1.82) is 0 Å². The summed E-state index contributed by atoms with van der Waals surface area (Å²) in [5, 5.41) is 12.1. The highest BCUT2D eigenvalue weighted by Gasteiger charge is 2.23. The summed E-state index contributed by atoms with van der Waals surface area (Å²) in [6, 6.07) is 4.53. The maximum atomic E-state index is 13.9. The van der Waals surface area contributed by atoms with Gasteiger partial charge in [0, 0.05) is 6.54 Å². The molecule has 1 aromatic carbocycles. The van der Waals surface area contributed by atoms with E-state index in [4.69, 9.17) is 5.14 Å². The van der Waals surface area contributed by atoms with E-state index in [2.05, 4.69) is 10.2 Å². The van der Waals surface area contributed by atoms with Gasteiger partial charge in [-0.3, -0.25) is 4.57 Å². The fourth-order valence-electron chi connectivity index (χ4n) is 1.93. The SMILES string of the molecule is CCCn1c(-c2cc(C)ccc2F)nnc1S(N)(=O)=O. The maximum absolute atomic E-state index is 13.9. The second-order valence-electron chi connectivity index (χ2n) is 4.49. The van der Waals surface area contributed by atoms with Crippen LogP contribution in [0.4, 0.5) is 4.39 Å². The molecule has 0 aliphatic carbocycles. The largest absolute Gasteiger partial charge is 0.297 e. The summed E-state index contributed by atoms with van der Waals surface area (Å²) in [6.45, 7) is 4.01. The predicted molar refractivity (Wildman–Crippen MR) is 71.8 cm³/mol. The zero-order valence-corrected chi connectivity index (χ0v) is 12.0. The molecule has 0 atom stereocenters. The highest BCUT2D eigenvalue weighted by atomic mass is 32.2. The lowest BCUT2D eigenvalue weighted by Crippen LogP contribution is -2.19. The number of aryl methyl sites for hydroxylation is 1. The quantitative estimate of drug-likeness (QED) is 0.925. The Bertz CT molecular complexity index is 740. The van der Waals surface area contributed by atoms with Gasteiger partial charge in [0.1, 0.15) is 5.82 Å². The Kier molecular flexibility index (Phi) is 3.87. The van der Waals surface area contributed by atoms with Gasteiger partial charge in [0.2, 0.25) is 0 Å². The van der Waals surface area contributed by atoms with Gasteiger partial charge in [-0.2, -0.15) is 0 Å². The zero-order chi connectivity index (χ0) is 14.9. The average molecular weight is 298 g/mol. The summed E-state index contributed by atoms with van der Waals surface area (Å²) in [7, 11) is -4.00. The molecule has 8 heteroatoms. The molecule has 0 saturated heterocycles. The molecule has 108 valence electrons. The fourth-order valence-corrected chi connectivity index (χ4v) is 2.57. The molecule has 0 amide bonds. The Morgan fingerprint density at radius 2 is 2.05 bits per heavy atom. The van der Waals surface area contributed by atoms with Gasteiger partial charge in [-0.05, 0) is 25.5 Å². The van der Waals surface area contributed by atoms with Crippen molar-refractivity contribution in [3.8, 4) is 11.4 Å². The molecular formula is C12H15FN4O2S. The Hall–Kier alpha value is -1.80. The van der Waals surface area contributed by atoms with Crippen LogP contribution in [0.3, 0.4) is 0 Å². The molecular weight excluding hydrogens is 283 g/mol. The third kappa shape index (κ3) is 2.70. The van der Waals surface area contributed by atoms with Crippen molar-refractivity contribution in [2.75, 3.05) is 0 Å². The van der Waals surface area contributed by atoms with Crippen LogP contribution in [0.5, 0.6) is 0 Å². The molecule has 0 saturated carbocycles. The van der Waals surface area contributed by atoms with E-state index in [1.165, 1.54) is 10.6 Å². The molecule has 0 fully saturated rings. The van der Waals surface area contributed by atoms with Gasteiger partial charge in [-0.25, -0.2) is 17.9 Å². The van der Waals surface area contributed by atoms with Gasteiger partial charge in [-0.1, -0.05) is 18.6 Å². The second-order valence-corrected chi connectivity index (χ2v) is 5.94. The zero-order valence-electron chi connectivity index (χ0n) is 11.2. The van der Waals surface area contributed by atoms with Crippen molar-refractivity contribution >= 4 is 10.0 Å². The number of benzene rings is 1. The van der Waals surface area contributed by atoms with Gasteiger partial charge in [0.05, 0.1) is 5.56 Å². The van der Waals surface area contributed by atoms with Crippen molar-refractivity contribution in [1.82, 2.24) is 14.8 Å². The van der Waals surface area contributed by atoms with Crippen molar-refractivity contribution in [3.63, 3.8) is 0 Å². The first-order valence-corrected chi connectivity index (χ1v) is 7.61. The lowest BCUT2D eigenvalue weighted by atomic mass is 10.1. The molecule has 0 bridgehead atoms. The number of aromatic nitrogens is 3. The predicted octanol–water partition coefficient (Wildman–Crippen LogP) is 1.45. The Morgan fingerprint density at radius 3 is 2.65 bits per heavy atom. The van der Waals surface area contributed by atoms with E-state index < -0.39 is 15.8 Å². The summed E-state index contributed by atoms with van der Waals surface area (Å²) in [4.78, 5) is 0. The molecule has 0 aliphatic rings. The minimum Gasteiger partial charge on any atom is -0.297 e. The summed E-state index contributed by atoms with van der Waals surface area (Å²) < 4.78 is 38.2. The highest BCUT2D eigenvalue weighted by Crippen LogP contribution is 2.24. The summed E-state index contributed by atoms with van der Waals surface area (Å²) in [5.41, 5.74) is 1.05. The van der Waals surface area contributed by atoms with E-state index in [-0.39, 0.29) is 16.5 Å². The minimum absolute atomic E-state index is 0.164. The number of primary sulfonamides is 1. The monoisotopic (exact) mass is 298 g/mol. The van der Waals surface area contributed by atoms with Gasteiger partial charge in [0.15, 0.2) is 5.82 Å². The lowest BCUT2D eigenvalue weighted by molar-refractivity contribution is 0.558. The third-order valence-corrected chi connectivity index (χ3v) is 3.59. The maximum Gasteiger partial charge on any atom is 0.273 e. The second kappa shape index (κ2) is 5.29. The Morgan fingerprint density at radius 1 is 1.35 bits per heavy atom. The van der Waals surface area contributed by atoms with E-state index >= 15 is 0 Å². The van der Waals surface area contributed by atoms with Crippen LogP contribution in [-0.2, 0) is 16.6 Å². The molecule has 6 nitrogen and oxygen atoms in total. The molecule has 2 rings (SSSR count). The lowest BCUT2D eigenvalue weighted by Gasteiger charge is -2.09. The van der Waals surface area contributed by atoms with Crippen LogP contribution in [0.1, 0.15) is 18.9 Å². The van der Waals surface area contributed by atoms with E-state index in [9.17, 15) is 12.8 Å². The van der Waals surface area contributed by atoms with Crippen LogP contribution in [0.15, 0.2) is 23.4 Å². The van der Waals surface area contributed by atoms with Crippen LogP contribution in [0.25, 0.3) is 11.4 Å². The van der Waals surface area contributed by atoms with Gasteiger partial charge in [-0.15, -0.1) is 10.2 Å². The van der Waals surface area contributed by atoms with Gasteiger partial charge >= 0.3 is 0 Å². The molecule has 0 unspecified atom stereocenters. The van der Waals surface area contributed by atoms with Crippen LogP contribution >= 0.6 is 0 Å². The number of hydrogen-bond acceptors (Lipinski definition) is 4. The molecule has 1 heterocycles. The molecule has 2 N–H and O–H groups in total. The minimum atomic E-state index is -4.00. The number of sulfonamides is 1. The van der Waals surface area contributed by atoms with Crippen molar-refractivity contribution in [3.05, 3.63) is 29.6 Å². The number of rotatable bonds is 4. The van der Waals surface area contributed by atoms with Crippen LogP contribution in [-0.4, -0.2) is 23.2 Å². The molecule has 0 radical (unpaired) electrons. The molecule has 2 aromatic rings. The first-order chi connectivity index (χ1) is 9.34. The normalized spacial score (nSPS) is 11.8. The van der Waals surface area contributed by atoms with E-state index in [0.717, 1.165) is 5.56 Å². The number of nitrogens with zero attached hydrogens (tertiary/aromatic N) is 3. The van der Waals surface area contributed by atoms with E-state index in [1.807, 2.05) is 13.8 Å². The molecule has 20 heavy (non-hydrogen) atoms. The summed E-state index contributed by atoms with van der Waals surface area (Å²) >= 11 is 0. The Balaban J connectivity index is 2.69. The number of nitrogens with two attached hydrogens (primary N) is 1. The van der Waals surface area contributed by atoms with E-state index in [0.29, 0.717) is 13.0 Å². The van der Waals surface area contributed by atoms with Crippen LogP contribution in [0.2, 0.25) is 0 Å². The van der Waals surface area contributed by atoms with Gasteiger partial charge < -0.3 is 0 Å². The fraction of sp³-hybridized carbons (Fsp3) is 0.333. The topological polar surface area (TPSA) is 90.9 Å². The van der Waals surface area contributed by atoms with Crippen molar-refractivity contribution < 1.29 is 12.8 Å². The number of hydrogen-bond donors (Lipinski definition) is 1. The average Bonchev–Trinajstić information content (AvgIpc) is 2.76. The smallest absolute Gasteiger partial charge is 0.273 e. The van der Waals surface area contributed by atoms with Crippen molar-refractivity contribution in [2.45, 2.75) is 32.0 Å². The number of halogens is 1. The standard InChI is InChI=1S/C12H15FN4O2S/c1-3-6-17-11(15-16-12(17)20(14,18)19)9-7-8(2)4-5-10(9)13/h4-5,7H,3,6H2,1-2H3,(H2,14,18,19). The molecule has 1 aromatic heterocycles. The van der Waals surface area contributed by atoms with Gasteiger partial charge in [0.25, 0.3) is 15.2 Å². The molecule has 0 aliphatic heterocycles. The Labute approximate surface area is 116 Å². The molecule has 0 spiro atoms. The van der Waals surface area contributed by atoms with Crippen LogP contribution in [0, 0.1) is 12.7 Å². The summed E-state index contributed by atoms with van der Waals surface area (Å²) in [5.74, 6) is -0.321. The summed E-state index contributed by atoms with van der Waals surface area (Å²) in [6.07, 6.45) is 0.640. The third-order valence-electron chi connectivity index (χ3n) is 2.78. The first kappa shape index (κ1) is 14.6. The van der Waals surface area contributed by atoms with Crippen molar-refractivity contribution in [2.24, 2.45) is 5.14 Å².